The molecule has 3 aromatic rings. The SMILES string of the molecule is Cc1ccc(C2=NC(c3ccncc3)NC(c3ccccc3O)C2)cc1. The molecular formula is C22H21N3O. The van der Waals surface area contributed by atoms with E-state index in [0.29, 0.717) is 5.75 Å². The Labute approximate surface area is 153 Å². The van der Waals surface area contributed by atoms with Crippen molar-refractivity contribution in [3.8, 4) is 5.75 Å². The molecule has 0 amide bonds. The minimum absolute atomic E-state index is 0.0110. The van der Waals surface area contributed by atoms with Crippen LogP contribution in [-0.2, 0) is 0 Å². The number of hydrogen-bond donors (Lipinski definition) is 2. The van der Waals surface area contributed by atoms with Crippen LogP contribution in [0.3, 0.4) is 0 Å². The van der Waals surface area contributed by atoms with Crippen LogP contribution in [0.5, 0.6) is 5.75 Å². The maximum Gasteiger partial charge on any atom is 0.126 e. The molecule has 0 aliphatic carbocycles. The zero-order valence-electron chi connectivity index (χ0n) is 14.6. The fourth-order valence-electron chi connectivity index (χ4n) is 3.33. The number of rotatable bonds is 3. The Morgan fingerprint density at radius 1 is 0.962 bits per heavy atom. The number of nitrogens with one attached hydrogen (secondary N) is 1. The van der Waals surface area contributed by atoms with Gasteiger partial charge >= 0.3 is 0 Å². The molecule has 26 heavy (non-hydrogen) atoms. The molecule has 0 spiro atoms. The molecule has 0 radical (unpaired) electrons. The van der Waals surface area contributed by atoms with Crippen LogP contribution in [0.1, 0.15) is 40.9 Å². The van der Waals surface area contributed by atoms with E-state index in [2.05, 4.69) is 41.5 Å². The van der Waals surface area contributed by atoms with Crippen molar-refractivity contribution in [1.82, 2.24) is 10.3 Å². The van der Waals surface area contributed by atoms with E-state index in [1.54, 1.807) is 18.5 Å². The Morgan fingerprint density at radius 3 is 2.42 bits per heavy atom. The highest BCUT2D eigenvalue weighted by Crippen LogP contribution is 2.34. The topological polar surface area (TPSA) is 57.5 Å². The van der Waals surface area contributed by atoms with Crippen LogP contribution in [0.25, 0.3) is 0 Å². The van der Waals surface area contributed by atoms with Gasteiger partial charge in [-0.25, -0.2) is 0 Å². The van der Waals surface area contributed by atoms with Crippen LogP contribution in [0.4, 0.5) is 0 Å². The molecule has 2 aromatic carbocycles. The van der Waals surface area contributed by atoms with Crippen molar-refractivity contribution >= 4 is 5.71 Å². The lowest BCUT2D eigenvalue weighted by molar-refractivity contribution is 0.412. The molecule has 1 aromatic heterocycles. The number of aryl methyl sites for hydroxylation is 1. The van der Waals surface area contributed by atoms with Gasteiger partial charge in [-0.15, -0.1) is 0 Å². The normalized spacial score (nSPS) is 19.8. The summed E-state index contributed by atoms with van der Waals surface area (Å²) in [6.45, 7) is 2.08. The average molecular weight is 343 g/mol. The monoisotopic (exact) mass is 343 g/mol. The van der Waals surface area contributed by atoms with E-state index in [-0.39, 0.29) is 12.2 Å². The summed E-state index contributed by atoms with van der Waals surface area (Å²) >= 11 is 0. The number of hydrogen-bond acceptors (Lipinski definition) is 4. The predicted molar refractivity (Wildman–Crippen MR) is 103 cm³/mol. The Morgan fingerprint density at radius 2 is 1.69 bits per heavy atom. The Bertz CT molecular complexity index is 920. The number of phenolic OH excluding ortho intramolecular Hbond substituents is 1. The second-order valence-electron chi connectivity index (χ2n) is 6.61. The zero-order valence-corrected chi connectivity index (χ0v) is 14.6. The Kier molecular flexibility index (Phi) is 4.50. The Balaban J connectivity index is 1.75. The summed E-state index contributed by atoms with van der Waals surface area (Å²) in [5.41, 5.74) is 5.34. The first-order valence-electron chi connectivity index (χ1n) is 8.78. The first-order valence-corrected chi connectivity index (χ1v) is 8.78. The van der Waals surface area contributed by atoms with Gasteiger partial charge in [0, 0.05) is 36.1 Å². The molecule has 2 N–H and O–H groups in total. The minimum Gasteiger partial charge on any atom is -0.508 e. The van der Waals surface area contributed by atoms with Crippen molar-refractivity contribution in [2.45, 2.75) is 25.6 Å². The molecule has 2 atom stereocenters. The molecule has 4 nitrogen and oxygen atoms in total. The largest absolute Gasteiger partial charge is 0.508 e. The molecule has 0 saturated carbocycles. The van der Waals surface area contributed by atoms with Gasteiger partial charge in [0.1, 0.15) is 11.9 Å². The van der Waals surface area contributed by atoms with E-state index in [0.717, 1.165) is 28.8 Å². The Hall–Kier alpha value is -2.98. The van der Waals surface area contributed by atoms with Crippen LogP contribution in [0.2, 0.25) is 0 Å². The molecule has 0 fully saturated rings. The van der Waals surface area contributed by atoms with Crippen LogP contribution in [0, 0.1) is 6.92 Å². The quantitative estimate of drug-likeness (QED) is 0.745. The van der Waals surface area contributed by atoms with E-state index >= 15 is 0 Å². The number of pyridine rings is 1. The second kappa shape index (κ2) is 7.10. The van der Waals surface area contributed by atoms with Crippen molar-refractivity contribution < 1.29 is 5.11 Å². The van der Waals surface area contributed by atoms with E-state index in [1.165, 1.54) is 5.56 Å². The van der Waals surface area contributed by atoms with Crippen LogP contribution >= 0.6 is 0 Å². The first kappa shape index (κ1) is 16.5. The van der Waals surface area contributed by atoms with Crippen molar-refractivity contribution in [3.63, 3.8) is 0 Å². The summed E-state index contributed by atoms with van der Waals surface area (Å²) in [4.78, 5) is 9.06. The van der Waals surface area contributed by atoms with Gasteiger partial charge in [-0.2, -0.15) is 0 Å². The molecule has 2 heterocycles. The first-order chi connectivity index (χ1) is 12.7. The number of aromatic nitrogens is 1. The molecule has 1 aliphatic rings. The molecule has 0 saturated heterocycles. The van der Waals surface area contributed by atoms with E-state index < -0.39 is 0 Å². The number of benzene rings is 2. The predicted octanol–water partition coefficient (Wildman–Crippen LogP) is 4.32. The van der Waals surface area contributed by atoms with Gasteiger partial charge in [-0.3, -0.25) is 15.3 Å². The van der Waals surface area contributed by atoms with Crippen molar-refractivity contribution in [2.75, 3.05) is 0 Å². The van der Waals surface area contributed by atoms with Gasteiger partial charge < -0.3 is 5.11 Å². The standard InChI is InChI=1S/C22H21N3O/c1-15-6-8-16(9-7-15)19-14-20(18-4-2-3-5-21(18)26)25-22(24-19)17-10-12-23-13-11-17/h2-13,20,22,25-26H,14H2,1H3. The molecule has 1 aliphatic heterocycles. The number of aromatic hydroxyl groups is 1. The highest BCUT2D eigenvalue weighted by atomic mass is 16.3. The van der Waals surface area contributed by atoms with Crippen LogP contribution < -0.4 is 5.32 Å². The molecule has 4 heteroatoms. The summed E-state index contributed by atoms with van der Waals surface area (Å²) in [5.74, 6) is 0.309. The fraction of sp³-hybridized carbons (Fsp3) is 0.182. The molecular weight excluding hydrogens is 322 g/mol. The highest BCUT2D eigenvalue weighted by Gasteiger charge is 2.27. The van der Waals surface area contributed by atoms with Gasteiger partial charge in [-0.1, -0.05) is 48.0 Å². The third-order valence-corrected chi connectivity index (χ3v) is 4.76. The number of para-hydroxylation sites is 1. The van der Waals surface area contributed by atoms with E-state index in [1.807, 2.05) is 30.3 Å². The van der Waals surface area contributed by atoms with Crippen molar-refractivity contribution in [3.05, 3.63) is 95.3 Å². The number of phenols is 1. The lowest BCUT2D eigenvalue weighted by Gasteiger charge is -2.31. The summed E-state index contributed by atoms with van der Waals surface area (Å²) in [7, 11) is 0. The smallest absolute Gasteiger partial charge is 0.126 e. The second-order valence-corrected chi connectivity index (χ2v) is 6.61. The highest BCUT2D eigenvalue weighted by molar-refractivity contribution is 6.01. The molecule has 130 valence electrons. The van der Waals surface area contributed by atoms with E-state index in [9.17, 15) is 5.11 Å². The summed E-state index contributed by atoms with van der Waals surface area (Å²) in [6, 6.07) is 19.9. The summed E-state index contributed by atoms with van der Waals surface area (Å²) < 4.78 is 0. The van der Waals surface area contributed by atoms with Gasteiger partial charge in [0.05, 0.1) is 0 Å². The maximum atomic E-state index is 10.3. The van der Waals surface area contributed by atoms with Gasteiger partial charge in [0.15, 0.2) is 0 Å². The van der Waals surface area contributed by atoms with Crippen LogP contribution in [0.15, 0.2) is 78.0 Å². The third kappa shape index (κ3) is 3.37. The van der Waals surface area contributed by atoms with Gasteiger partial charge in [-0.05, 0) is 36.2 Å². The number of nitrogens with zero attached hydrogens (tertiary/aromatic N) is 2. The summed E-state index contributed by atoms with van der Waals surface area (Å²) in [5, 5.41) is 13.9. The van der Waals surface area contributed by atoms with Crippen LogP contribution in [-0.4, -0.2) is 15.8 Å². The van der Waals surface area contributed by atoms with Gasteiger partial charge in [0.25, 0.3) is 0 Å². The molecule has 4 rings (SSSR count). The average Bonchev–Trinajstić information content (AvgIpc) is 2.69. The summed E-state index contributed by atoms with van der Waals surface area (Å²) in [6.07, 6.45) is 4.11. The maximum absolute atomic E-state index is 10.3. The van der Waals surface area contributed by atoms with E-state index in [4.69, 9.17) is 4.99 Å². The van der Waals surface area contributed by atoms with Gasteiger partial charge in [0.2, 0.25) is 0 Å². The molecule has 2 unspecified atom stereocenters. The van der Waals surface area contributed by atoms with Crippen molar-refractivity contribution in [2.24, 2.45) is 4.99 Å². The fourth-order valence-corrected chi connectivity index (χ4v) is 3.33. The molecule has 0 bridgehead atoms. The third-order valence-electron chi connectivity index (χ3n) is 4.76. The van der Waals surface area contributed by atoms with Crippen molar-refractivity contribution in [1.29, 1.82) is 0 Å². The zero-order chi connectivity index (χ0) is 17.9. The minimum atomic E-state index is -0.173. The number of aliphatic imine (C=N–C) groups is 1. The lowest BCUT2D eigenvalue weighted by Crippen LogP contribution is -2.33. The lowest BCUT2D eigenvalue weighted by atomic mass is 9.93.